The van der Waals surface area contributed by atoms with Crippen LogP contribution in [0.3, 0.4) is 0 Å². The summed E-state index contributed by atoms with van der Waals surface area (Å²) < 4.78 is 0.719. The molecule has 8 nitrogen and oxygen atoms in total. The number of carbonyl (C=O) groups excluding carboxylic acids is 4. The first-order valence-electron chi connectivity index (χ1n) is 9.81. The van der Waals surface area contributed by atoms with Gasteiger partial charge in [0.25, 0.3) is 17.7 Å². The van der Waals surface area contributed by atoms with E-state index in [0.29, 0.717) is 11.1 Å². The van der Waals surface area contributed by atoms with Crippen molar-refractivity contribution in [1.82, 2.24) is 15.8 Å². The number of rotatable bonds is 7. The number of hydrogen-bond donors (Lipinski definition) is 3. The number of amides is 4. The lowest BCUT2D eigenvalue weighted by molar-refractivity contribution is -0.128. The van der Waals surface area contributed by atoms with E-state index in [9.17, 15) is 19.2 Å². The summed E-state index contributed by atoms with van der Waals surface area (Å²) in [6, 6.07) is 10.8. The van der Waals surface area contributed by atoms with Crippen LogP contribution in [0, 0.1) is 13.8 Å². The molecule has 0 saturated carbocycles. The molecule has 0 spiro atoms. The van der Waals surface area contributed by atoms with Gasteiger partial charge in [-0.15, -0.1) is 0 Å². The number of hydrogen-bond acceptors (Lipinski definition) is 5. The van der Waals surface area contributed by atoms with Crippen LogP contribution in [0.15, 0.2) is 40.9 Å². The third-order valence-electron chi connectivity index (χ3n) is 4.88. The van der Waals surface area contributed by atoms with Crippen LogP contribution < -0.4 is 16.2 Å². The van der Waals surface area contributed by atoms with Gasteiger partial charge < -0.3 is 5.32 Å². The first kappa shape index (κ1) is 22.5. The zero-order valence-corrected chi connectivity index (χ0v) is 18.8. The molecule has 3 rings (SSSR count). The van der Waals surface area contributed by atoms with Gasteiger partial charge in [-0.1, -0.05) is 33.6 Å². The van der Waals surface area contributed by atoms with Gasteiger partial charge >= 0.3 is 0 Å². The highest BCUT2D eigenvalue weighted by molar-refractivity contribution is 9.10. The van der Waals surface area contributed by atoms with E-state index in [0.717, 1.165) is 26.2 Å². The van der Waals surface area contributed by atoms with E-state index in [1.807, 2.05) is 32.0 Å². The molecule has 4 amide bonds. The fourth-order valence-electron chi connectivity index (χ4n) is 3.30. The summed E-state index contributed by atoms with van der Waals surface area (Å²) in [4.78, 5) is 49.8. The second-order valence-corrected chi connectivity index (χ2v) is 8.24. The van der Waals surface area contributed by atoms with Gasteiger partial charge in [0, 0.05) is 23.1 Å². The van der Waals surface area contributed by atoms with Crippen molar-refractivity contribution in [3.63, 3.8) is 0 Å². The Kier molecular flexibility index (Phi) is 7.06. The molecule has 31 heavy (non-hydrogen) atoms. The highest BCUT2D eigenvalue weighted by atomic mass is 79.9. The Balaban J connectivity index is 1.38. The van der Waals surface area contributed by atoms with Crippen molar-refractivity contribution in [3.05, 3.63) is 63.1 Å². The maximum Gasteiger partial charge on any atom is 0.261 e. The Morgan fingerprint density at radius 1 is 0.935 bits per heavy atom. The second-order valence-electron chi connectivity index (χ2n) is 7.32. The van der Waals surface area contributed by atoms with Crippen molar-refractivity contribution in [3.8, 4) is 0 Å². The SMILES string of the molecule is Cc1ccc(NCC(=O)NNC(=O)CCCN2C(=O)c3ccc(Br)cc3C2=O)c(C)c1. The van der Waals surface area contributed by atoms with Gasteiger partial charge in [0.2, 0.25) is 5.91 Å². The molecule has 0 fully saturated rings. The molecule has 3 N–H and O–H groups in total. The maximum atomic E-state index is 12.4. The predicted molar refractivity (Wildman–Crippen MR) is 119 cm³/mol. The Bertz CT molecular complexity index is 1050. The molecular weight excluding hydrogens is 464 g/mol. The van der Waals surface area contributed by atoms with E-state index in [-0.39, 0.29) is 43.7 Å². The highest BCUT2D eigenvalue weighted by Gasteiger charge is 2.35. The number of carbonyl (C=O) groups is 4. The Labute approximate surface area is 188 Å². The van der Waals surface area contributed by atoms with Crippen LogP contribution in [0.25, 0.3) is 0 Å². The van der Waals surface area contributed by atoms with Crippen molar-refractivity contribution >= 4 is 45.2 Å². The quantitative estimate of drug-likeness (QED) is 0.411. The van der Waals surface area contributed by atoms with E-state index in [1.54, 1.807) is 18.2 Å². The summed E-state index contributed by atoms with van der Waals surface area (Å²) in [6.07, 6.45) is 0.344. The minimum Gasteiger partial charge on any atom is -0.376 e. The molecule has 0 aromatic heterocycles. The molecule has 1 aliphatic rings. The number of anilines is 1. The molecule has 0 aliphatic carbocycles. The van der Waals surface area contributed by atoms with Gasteiger partial charge in [0.15, 0.2) is 0 Å². The fourth-order valence-corrected chi connectivity index (χ4v) is 3.66. The first-order valence-corrected chi connectivity index (χ1v) is 10.6. The van der Waals surface area contributed by atoms with E-state index < -0.39 is 5.91 Å². The van der Waals surface area contributed by atoms with Crippen LogP contribution in [-0.4, -0.2) is 41.6 Å². The molecule has 2 aromatic rings. The lowest BCUT2D eigenvalue weighted by atomic mass is 10.1. The topological polar surface area (TPSA) is 108 Å². The standard InChI is InChI=1S/C22H23BrN4O4/c1-13-5-8-18(14(2)10-13)24-12-20(29)26-25-19(28)4-3-9-27-21(30)16-7-6-15(23)11-17(16)22(27)31/h5-8,10-11,24H,3-4,9,12H2,1-2H3,(H,25,28)(H,26,29). The number of aryl methyl sites for hydroxylation is 2. The molecule has 0 radical (unpaired) electrons. The molecule has 162 valence electrons. The molecule has 9 heteroatoms. The van der Waals surface area contributed by atoms with Crippen LogP contribution in [0.5, 0.6) is 0 Å². The van der Waals surface area contributed by atoms with Crippen LogP contribution in [0.4, 0.5) is 5.69 Å². The van der Waals surface area contributed by atoms with E-state index in [4.69, 9.17) is 0 Å². The summed E-state index contributed by atoms with van der Waals surface area (Å²) in [5.41, 5.74) is 8.41. The van der Waals surface area contributed by atoms with Crippen LogP contribution >= 0.6 is 15.9 Å². The van der Waals surface area contributed by atoms with Gasteiger partial charge in [0.05, 0.1) is 17.7 Å². The highest BCUT2D eigenvalue weighted by Crippen LogP contribution is 2.26. The third kappa shape index (κ3) is 5.49. The van der Waals surface area contributed by atoms with Crippen molar-refractivity contribution < 1.29 is 19.2 Å². The predicted octanol–water partition coefficient (Wildman–Crippen LogP) is 2.70. The van der Waals surface area contributed by atoms with Crippen molar-refractivity contribution in [2.75, 3.05) is 18.4 Å². The van der Waals surface area contributed by atoms with Crippen molar-refractivity contribution in [2.45, 2.75) is 26.7 Å². The van der Waals surface area contributed by atoms with Gasteiger partial charge in [-0.2, -0.15) is 0 Å². The van der Waals surface area contributed by atoms with Crippen molar-refractivity contribution in [1.29, 1.82) is 0 Å². The van der Waals surface area contributed by atoms with Gasteiger partial charge in [-0.25, -0.2) is 0 Å². The molecule has 0 bridgehead atoms. The first-order chi connectivity index (χ1) is 14.8. The molecule has 1 heterocycles. The number of halogens is 1. The van der Waals surface area contributed by atoms with Crippen LogP contribution in [0.1, 0.15) is 44.7 Å². The molecule has 1 aliphatic heterocycles. The number of imide groups is 1. The lowest BCUT2D eigenvalue weighted by Gasteiger charge is -2.14. The third-order valence-corrected chi connectivity index (χ3v) is 5.37. The summed E-state index contributed by atoms with van der Waals surface area (Å²) in [7, 11) is 0. The van der Waals surface area contributed by atoms with E-state index >= 15 is 0 Å². The molecule has 0 atom stereocenters. The fraction of sp³-hybridized carbons (Fsp3) is 0.273. The number of benzene rings is 2. The molecular formula is C22H23BrN4O4. The van der Waals surface area contributed by atoms with Crippen LogP contribution in [-0.2, 0) is 9.59 Å². The number of fused-ring (bicyclic) bond motifs is 1. The minimum atomic E-state index is -0.404. The largest absolute Gasteiger partial charge is 0.376 e. The zero-order chi connectivity index (χ0) is 22.5. The van der Waals surface area contributed by atoms with Crippen LogP contribution in [0.2, 0.25) is 0 Å². The normalized spacial score (nSPS) is 12.5. The lowest BCUT2D eigenvalue weighted by Crippen LogP contribution is -2.44. The van der Waals surface area contributed by atoms with E-state index in [1.165, 1.54) is 0 Å². The maximum absolute atomic E-state index is 12.4. The van der Waals surface area contributed by atoms with Gasteiger partial charge in [0.1, 0.15) is 0 Å². The number of nitrogens with one attached hydrogen (secondary N) is 3. The minimum absolute atomic E-state index is 0.00871. The number of hydrazine groups is 1. The molecule has 0 saturated heterocycles. The second kappa shape index (κ2) is 9.74. The average molecular weight is 487 g/mol. The average Bonchev–Trinajstić information content (AvgIpc) is 2.95. The van der Waals surface area contributed by atoms with Crippen molar-refractivity contribution in [2.24, 2.45) is 0 Å². The zero-order valence-electron chi connectivity index (χ0n) is 17.3. The summed E-state index contributed by atoms with van der Waals surface area (Å²) >= 11 is 3.29. The summed E-state index contributed by atoms with van der Waals surface area (Å²) in [6.45, 7) is 4.07. The van der Waals surface area contributed by atoms with E-state index in [2.05, 4.69) is 32.1 Å². The monoisotopic (exact) mass is 486 g/mol. The summed E-state index contributed by atoms with van der Waals surface area (Å²) in [5.74, 6) is -1.52. The Morgan fingerprint density at radius 3 is 2.39 bits per heavy atom. The molecule has 2 aromatic carbocycles. The Morgan fingerprint density at radius 2 is 1.65 bits per heavy atom. The summed E-state index contributed by atoms with van der Waals surface area (Å²) in [5, 5.41) is 3.02. The van der Waals surface area contributed by atoms with Gasteiger partial charge in [-0.05, 0) is 50.1 Å². The molecule has 0 unspecified atom stereocenters. The number of nitrogens with zero attached hydrogens (tertiary/aromatic N) is 1. The Hall–Kier alpha value is -3.20. The van der Waals surface area contributed by atoms with Gasteiger partial charge in [-0.3, -0.25) is 34.9 Å². The smallest absolute Gasteiger partial charge is 0.261 e.